The molecule has 0 aromatic heterocycles. The standard InChI is InChI=1S/C13H27N/c1-5-13(11(2)3)10-12-6-8-14(4)9-7-12/h11-13H,5-10H2,1-4H3. The van der Waals surface area contributed by atoms with Crippen molar-refractivity contribution in [2.75, 3.05) is 20.1 Å². The summed E-state index contributed by atoms with van der Waals surface area (Å²) in [4.78, 5) is 2.47. The molecule has 1 atom stereocenters. The van der Waals surface area contributed by atoms with E-state index in [1.54, 1.807) is 0 Å². The van der Waals surface area contributed by atoms with Crippen molar-refractivity contribution in [3.05, 3.63) is 0 Å². The van der Waals surface area contributed by atoms with E-state index in [9.17, 15) is 0 Å². The summed E-state index contributed by atoms with van der Waals surface area (Å²) in [6.07, 6.45) is 5.70. The van der Waals surface area contributed by atoms with Crippen molar-refractivity contribution < 1.29 is 0 Å². The van der Waals surface area contributed by atoms with Crippen LogP contribution in [-0.2, 0) is 0 Å². The van der Waals surface area contributed by atoms with E-state index in [0.29, 0.717) is 0 Å². The number of hydrogen-bond donors (Lipinski definition) is 0. The minimum Gasteiger partial charge on any atom is -0.306 e. The Balaban J connectivity index is 2.29. The molecule has 0 spiro atoms. The molecule has 0 amide bonds. The molecule has 1 saturated heterocycles. The van der Waals surface area contributed by atoms with E-state index in [0.717, 1.165) is 17.8 Å². The largest absolute Gasteiger partial charge is 0.306 e. The molecule has 1 nitrogen and oxygen atoms in total. The number of piperidine rings is 1. The Labute approximate surface area is 89.9 Å². The maximum atomic E-state index is 2.47. The van der Waals surface area contributed by atoms with Crippen LogP contribution in [0.3, 0.4) is 0 Å². The summed E-state index contributed by atoms with van der Waals surface area (Å²) in [5, 5.41) is 0. The predicted molar refractivity (Wildman–Crippen MR) is 63.5 cm³/mol. The third-order valence-corrected chi connectivity index (χ3v) is 3.94. The second kappa shape index (κ2) is 5.75. The van der Waals surface area contributed by atoms with Crippen LogP contribution in [0.15, 0.2) is 0 Å². The third-order valence-electron chi connectivity index (χ3n) is 3.94. The Bertz CT molecular complexity index is 145. The van der Waals surface area contributed by atoms with Crippen LogP contribution in [0, 0.1) is 17.8 Å². The second-order valence-electron chi connectivity index (χ2n) is 5.39. The molecule has 1 aliphatic rings. The van der Waals surface area contributed by atoms with Gasteiger partial charge in [0.2, 0.25) is 0 Å². The number of nitrogens with zero attached hydrogens (tertiary/aromatic N) is 1. The lowest BCUT2D eigenvalue weighted by atomic mass is 9.81. The van der Waals surface area contributed by atoms with Crippen LogP contribution >= 0.6 is 0 Å². The van der Waals surface area contributed by atoms with Crippen LogP contribution in [0.4, 0.5) is 0 Å². The van der Waals surface area contributed by atoms with Gasteiger partial charge in [0.25, 0.3) is 0 Å². The highest BCUT2D eigenvalue weighted by Gasteiger charge is 2.21. The van der Waals surface area contributed by atoms with Crippen molar-refractivity contribution in [1.82, 2.24) is 4.90 Å². The lowest BCUT2D eigenvalue weighted by Gasteiger charge is -2.32. The van der Waals surface area contributed by atoms with Gasteiger partial charge >= 0.3 is 0 Å². The smallest absolute Gasteiger partial charge is 0.00191 e. The molecular weight excluding hydrogens is 170 g/mol. The molecule has 1 rings (SSSR count). The van der Waals surface area contributed by atoms with Gasteiger partial charge in [-0.2, -0.15) is 0 Å². The minimum absolute atomic E-state index is 0.875. The maximum Gasteiger partial charge on any atom is -0.00191 e. The Morgan fingerprint density at radius 3 is 2.21 bits per heavy atom. The molecule has 1 unspecified atom stereocenters. The van der Waals surface area contributed by atoms with Crippen LogP contribution in [-0.4, -0.2) is 25.0 Å². The lowest BCUT2D eigenvalue weighted by Crippen LogP contribution is -2.31. The van der Waals surface area contributed by atoms with Crippen LogP contribution in [0.2, 0.25) is 0 Å². The van der Waals surface area contributed by atoms with Gasteiger partial charge in [-0.15, -0.1) is 0 Å². The van der Waals surface area contributed by atoms with Crippen LogP contribution < -0.4 is 0 Å². The molecule has 1 aliphatic heterocycles. The monoisotopic (exact) mass is 197 g/mol. The van der Waals surface area contributed by atoms with Crippen LogP contribution in [0.25, 0.3) is 0 Å². The summed E-state index contributed by atoms with van der Waals surface area (Å²) in [7, 11) is 2.25. The van der Waals surface area contributed by atoms with E-state index < -0.39 is 0 Å². The van der Waals surface area contributed by atoms with Gasteiger partial charge in [0.1, 0.15) is 0 Å². The van der Waals surface area contributed by atoms with Gasteiger partial charge in [-0.25, -0.2) is 0 Å². The fourth-order valence-corrected chi connectivity index (χ4v) is 2.64. The fourth-order valence-electron chi connectivity index (χ4n) is 2.64. The van der Waals surface area contributed by atoms with Gasteiger partial charge in [-0.3, -0.25) is 0 Å². The van der Waals surface area contributed by atoms with Crippen molar-refractivity contribution in [2.24, 2.45) is 17.8 Å². The minimum atomic E-state index is 0.875. The summed E-state index contributed by atoms with van der Waals surface area (Å²) in [5.41, 5.74) is 0. The van der Waals surface area contributed by atoms with Crippen molar-refractivity contribution in [1.29, 1.82) is 0 Å². The average Bonchev–Trinajstić information content (AvgIpc) is 2.16. The van der Waals surface area contributed by atoms with E-state index in [1.165, 1.54) is 38.8 Å². The van der Waals surface area contributed by atoms with Gasteiger partial charge in [0.05, 0.1) is 0 Å². The van der Waals surface area contributed by atoms with E-state index >= 15 is 0 Å². The Kier molecular flexibility index (Phi) is 4.94. The first-order valence-electron chi connectivity index (χ1n) is 6.32. The van der Waals surface area contributed by atoms with Crippen LogP contribution in [0.1, 0.15) is 46.5 Å². The van der Waals surface area contributed by atoms with E-state index in [2.05, 4.69) is 32.7 Å². The zero-order valence-electron chi connectivity index (χ0n) is 10.4. The van der Waals surface area contributed by atoms with E-state index in [-0.39, 0.29) is 0 Å². The summed E-state index contributed by atoms with van der Waals surface area (Å²) < 4.78 is 0. The van der Waals surface area contributed by atoms with Gasteiger partial charge in [0, 0.05) is 0 Å². The molecule has 0 bridgehead atoms. The molecule has 0 N–H and O–H groups in total. The zero-order chi connectivity index (χ0) is 10.6. The maximum absolute atomic E-state index is 2.47. The van der Waals surface area contributed by atoms with Gasteiger partial charge < -0.3 is 4.90 Å². The van der Waals surface area contributed by atoms with Crippen molar-refractivity contribution >= 4 is 0 Å². The van der Waals surface area contributed by atoms with Gasteiger partial charge in [0.15, 0.2) is 0 Å². The second-order valence-corrected chi connectivity index (χ2v) is 5.39. The molecule has 84 valence electrons. The van der Waals surface area contributed by atoms with Gasteiger partial charge in [-0.1, -0.05) is 27.2 Å². The third kappa shape index (κ3) is 3.61. The van der Waals surface area contributed by atoms with Crippen LogP contribution in [0.5, 0.6) is 0 Å². The fraction of sp³-hybridized carbons (Fsp3) is 1.00. The first-order chi connectivity index (χ1) is 6.63. The van der Waals surface area contributed by atoms with E-state index in [4.69, 9.17) is 0 Å². The summed E-state index contributed by atoms with van der Waals surface area (Å²) >= 11 is 0. The van der Waals surface area contributed by atoms with Crippen molar-refractivity contribution in [3.8, 4) is 0 Å². The normalized spacial score (nSPS) is 22.9. The molecule has 0 aliphatic carbocycles. The number of rotatable bonds is 4. The molecule has 14 heavy (non-hydrogen) atoms. The molecule has 0 saturated carbocycles. The Morgan fingerprint density at radius 2 is 1.79 bits per heavy atom. The Hall–Kier alpha value is -0.0400. The van der Waals surface area contributed by atoms with Crippen molar-refractivity contribution in [2.45, 2.75) is 46.5 Å². The topological polar surface area (TPSA) is 3.24 Å². The average molecular weight is 197 g/mol. The summed E-state index contributed by atoms with van der Waals surface area (Å²) in [6.45, 7) is 9.74. The molecule has 1 heteroatoms. The summed E-state index contributed by atoms with van der Waals surface area (Å²) in [5.74, 6) is 2.85. The molecule has 1 fully saturated rings. The molecule has 0 radical (unpaired) electrons. The number of hydrogen-bond acceptors (Lipinski definition) is 1. The van der Waals surface area contributed by atoms with E-state index in [1.807, 2.05) is 0 Å². The first-order valence-corrected chi connectivity index (χ1v) is 6.32. The molecule has 1 heterocycles. The quantitative estimate of drug-likeness (QED) is 0.667. The van der Waals surface area contributed by atoms with Gasteiger partial charge in [-0.05, 0) is 57.2 Å². The zero-order valence-corrected chi connectivity index (χ0v) is 10.4. The highest BCUT2D eigenvalue weighted by Crippen LogP contribution is 2.29. The Morgan fingerprint density at radius 1 is 1.21 bits per heavy atom. The first kappa shape index (κ1) is 12.0. The molecular formula is C13H27N. The SMILES string of the molecule is CCC(CC1CCN(C)CC1)C(C)C. The molecule has 0 aromatic carbocycles. The highest BCUT2D eigenvalue weighted by molar-refractivity contribution is 4.74. The predicted octanol–water partition coefficient (Wildman–Crippen LogP) is 3.40. The lowest BCUT2D eigenvalue weighted by molar-refractivity contribution is 0.179. The highest BCUT2D eigenvalue weighted by atomic mass is 15.1. The molecule has 0 aromatic rings. The number of likely N-dealkylation sites (tertiary alicyclic amines) is 1. The summed E-state index contributed by atoms with van der Waals surface area (Å²) in [6, 6.07) is 0. The van der Waals surface area contributed by atoms with Crippen molar-refractivity contribution in [3.63, 3.8) is 0 Å².